The summed E-state index contributed by atoms with van der Waals surface area (Å²) in [7, 11) is 0. The van der Waals surface area contributed by atoms with Crippen molar-refractivity contribution in [2.45, 2.75) is 18.4 Å². The molecule has 0 atom stereocenters. The van der Waals surface area contributed by atoms with Crippen LogP contribution >= 0.6 is 11.6 Å². The van der Waals surface area contributed by atoms with Crippen LogP contribution in [0.5, 0.6) is 0 Å². The third kappa shape index (κ3) is 3.16. The smallest absolute Gasteiger partial charge is 0.339 e. The van der Waals surface area contributed by atoms with Crippen LogP contribution in [0.25, 0.3) is 0 Å². The molecular formula is C18H18ClNO2. The van der Waals surface area contributed by atoms with Gasteiger partial charge < -0.3 is 10.1 Å². The summed E-state index contributed by atoms with van der Waals surface area (Å²) in [6.07, 6.45) is 1.55. The van der Waals surface area contributed by atoms with Gasteiger partial charge in [0.1, 0.15) is 5.60 Å². The van der Waals surface area contributed by atoms with Gasteiger partial charge >= 0.3 is 5.97 Å². The highest BCUT2D eigenvalue weighted by Crippen LogP contribution is 2.35. The summed E-state index contributed by atoms with van der Waals surface area (Å²) in [6, 6.07) is 16.8. The first kappa shape index (κ1) is 15.1. The molecule has 1 saturated heterocycles. The second-order valence-electron chi connectivity index (χ2n) is 5.51. The van der Waals surface area contributed by atoms with Gasteiger partial charge in [0.05, 0.1) is 5.56 Å². The largest absolute Gasteiger partial charge is 0.450 e. The molecule has 2 aromatic rings. The van der Waals surface area contributed by atoms with E-state index in [1.54, 1.807) is 24.3 Å². The number of piperidine rings is 1. The van der Waals surface area contributed by atoms with Crippen molar-refractivity contribution in [3.63, 3.8) is 0 Å². The number of ether oxygens (including phenoxy) is 1. The van der Waals surface area contributed by atoms with Gasteiger partial charge in [0.2, 0.25) is 0 Å². The first-order chi connectivity index (χ1) is 10.7. The van der Waals surface area contributed by atoms with Crippen LogP contribution in [0.1, 0.15) is 28.8 Å². The van der Waals surface area contributed by atoms with E-state index in [1.165, 1.54) is 0 Å². The van der Waals surface area contributed by atoms with Gasteiger partial charge in [-0.3, -0.25) is 0 Å². The minimum atomic E-state index is -0.552. The molecule has 1 N–H and O–H groups in total. The minimum absolute atomic E-state index is 0.303. The molecule has 0 spiro atoms. The highest BCUT2D eigenvalue weighted by atomic mass is 35.5. The van der Waals surface area contributed by atoms with E-state index in [9.17, 15) is 4.79 Å². The Hall–Kier alpha value is -1.84. The number of hydrogen-bond donors (Lipinski definition) is 1. The van der Waals surface area contributed by atoms with Crippen molar-refractivity contribution in [3.8, 4) is 0 Å². The van der Waals surface area contributed by atoms with Crippen molar-refractivity contribution in [1.29, 1.82) is 0 Å². The Kier molecular flexibility index (Phi) is 4.46. The van der Waals surface area contributed by atoms with Gasteiger partial charge in [-0.25, -0.2) is 4.79 Å². The summed E-state index contributed by atoms with van der Waals surface area (Å²) in [5, 5.41) is 3.93. The van der Waals surface area contributed by atoms with Crippen LogP contribution in [-0.2, 0) is 10.3 Å². The van der Waals surface area contributed by atoms with Gasteiger partial charge in [-0.2, -0.15) is 0 Å². The maximum atomic E-state index is 12.5. The van der Waals surface area contributed by atoms with E-state index < -0.39 is 5.60 Å². The number of esters is 1. The lowest BCUT2D eigenvalue weighted by molar-refractivity contribution is -0.0378. The van der Waals surface area contributed by atoms with Crippen molar-refractivity contribution in [3.05, 3.63) is 70.7 Å². The molecular weight excluding hydrogens is 298 g/mol. The Morgan fingerprint density at radius 1 is 1.00 bits per heavy atom. The highest BCUT2D eigenvalue weighted by Gasteiger charge is 2.37. The maximum Gasteiger partial charge on any atom is 0.339 e. The SMILES string of the molecule is O=C(OC1(c2ccccc2)CCNCC1)c1ccc(Cl)cc1. The fourth-order valence-electron chi connectivity index (χ4n) is 2.84. The molecule has 0 bridgehead atoms. The molecule has 2 aromatic carbocycles. The lowest BCUT2D eigenvalue weighted by Crippen LogP contribution is -2.43. The zero-order chi connectivity index (χ0) is 15.4. The third-order valence-corrected chi connectivity index (χ3v) is 4.33. The molecule has 3 rings (SSSR count). The van der Waals surface area contributed by atoms with Crippen LogP contribution in [-0.4, -0.2) is 19.1 Å². The summed E-state index contributed by atoms with van der Waals surface area (Å²) in [5.74, 6) is -0.303. The number of rotatable bonds is 3. The first-order valence-corrected chi connectivity index (χ1v) is 7.83. The number of hydrogen-bond acceptors (Lipinski definition) is 3. The van der Waals surface area contributed by atoms with Gasteiger partial charge in [-0.1, -0.05) is 41.9 Å². The normalized spacial score (nSPS) is 17.0. The molecule has 114 valence electrons. The molecule has 3 nitrogen and oxygen atoms in total. The lowest BCUT2D eigenvalue weighted by atomic mass is 9.84. The average Bonchev–Trinajstić information content (AvgIpc) is 2.57. The van der Waals surface area contributed by atoms with Crippen molar-refractivity contribution in [1.82, 2.24) is 5.32 Å². The molecule has 1 aliphatic rings. The van der Waals surface area contributed by atoms with Crippen LogP contribution in [0.15, 0.2) is 54.6 Å². The number of carbonyl (C=O) groups excluding carboxylic acids is 1. The molecule has 0 unspecified atom stereocenters. The average molecular weight is 316 g/mol. The summed E-state index contributed by atoms with van der Waals surface area (Å²) in [4.78, 5) is 12.5. The molecule has 1 fully saturated rings. The van der Waals surface area contributed by atoms with Gasteiger partial charge in [-0.05, 0) is 42.9 Å². The molecule has 1 heterocycles. The van der Waals surface area contributed by atoms with E-state index in [0.717, 1.165) is 31.5 Å². The van der Waals surface area contributed by atoms with Crippen molar-refractivity contribution < 1.29 is 9.53 Å². The molecule has 0 aromatic heterocycles. The molecule has 22 heavy (non-hydrogen) atoms. The Morgan fingerprint density at radius 2 is 1.64 bits per heavy atom. The number of halogens is 1. The number of benzene rings is 2. The van der Waals surface area contributed by atoms with Crippen molar-refractivity contribution in [2.75, 3.05) is 13.1 Å². The van der Waals surface area contributed by atoms with E-state index in [2.05, 4.69) is 5.32 Å². The van der Waals surface area contributed by atoms with E-state index in [0.29, 0.717) is 10.6 Å². The van der Waals surface area contributed by atoms with Gasteiger partial charge in [0.15, 0.2) is 0 Å². The maximum absolute atomic E-state index is 12.5. The first-order valence-electron chi connectivity index (χ1n) is 7.45. The monoisotopic (exact) mass is 315 g/mol. The third-order valence-electron chi connectivity index (χ3n) is 4.08. The van der Waals surface area contributed by atoms with Crippen molar-refractivity contribution >= 4 is 17.6 Å². The predicted molar refractivity (Wildman–Crippen MR) is 87.1 cm³/mol. The quantitative estimate of drug-likeness (QED) is 0.876. The fraction of sp³-hybridized carbons (Fsp3) is 0.278. The van der Waals surface area contributed by atoms with Crippen molar-refractivity contribution in [2.24, 2.45) is 0 Å². The van der Waals surface area contributed by atoms with E-state index in [1.807, 2.05) is 30.3 Å². The molecule has 1 aliphatic heterocycles. The fourth-order valence-corrected chi connectivity index (χ4v) is 2.97. The zero-order valence-corrected chi connectivity index (χ0v) is 13.0. The van der Waals surface area contributed by atoms with Gasteiger partial charge in [0, 0.05) is 17.9 Å². The van der Waals surface area contributed by atoms with Crippen LogP contribution in [0.3, 0.4) is 0 Å². The van der Waals surface area contributed by atoms with Gasteiger partial charge in [0.25, 0.3) is 0 Å². The van der Waals surface area contributed by atoms with Crippen LogP contribution in [0, 0.1) is 0 Å². The second kappa shape index (κ2) is 6.51. The summed E-state index contributed by atoms with van der Waals surface area (Å²) >= 11 is 5.87. The molecule has 4 heteroatoms. The Balaban J connectivity index is 1.87. The highest BCUT2D eigenvalue weighted by molar-refractivity contribution is 6.30. The van der Waals surface area contributed by atoms with Gasteiger partial charge in [-0.15, -0.1) is 0 Å². The Morgan fingerprint density at radius 3 is 2.27 bits per heavy atom. The predicted octanol–water partition coefficient (Wildman–Crippen LogP) is 3.78. The minimum Gasteiger partial charge on any atom is -0.450 e. The summed E-state index contributed by atoms with van der Waals surface area (Å²) in [6.45, 7) is 1.67. The van der Waals surface area contributed by atoms with Crippen LogP contribution < -0.4 is 5.32 Å². The zero-order valence-electron chi connectivity index (χ0n) is 12.2. The molecule has 0 amide bonds. The summed E-state index contributed by atoms with van der Waals surface area (Å²) in [5.41, 5.74) is 1.03. The Bertz CT molecular complexity index is 634. The van der Waals surface area contributed by atoms with E-state index in [4.69, 9.17) is 16.3 Å². The second-order valence-corrected chi connectivity index (χ2v) is 5.94. The molecule has 0 saturated carbocycles. The number of carbonyl (C=O) groups is 1. The van der Waals surface area contributed by atoms with E-state index in [-0.39, 0.29) is 5.97 Å². The number of nitrogens with one attached hydrogen (secondary N) is 1. The molecule has 0 aliphatic carbocycles. The van der Waals surface area contributed by atoms with Crippen LogP contribution in [0.4, 0.5) is 0 Å². The van der Waals surface area contributed by atoms with E-state index >= 15 is 0 Å². The topological polar surface area (TPSA) is 38.3 Å². The lowest BCUT2D eigenvalue weighted by Gasteiger charge is -2.37. The Labute approximate surface area is 135 Å². The molecule has 0 radical (unpaired) electrons. The summed E-state index contributed by atoms with van der Waals surface area (Å²) < 4.78 is 5.97. The van der Waals surface area contributed by atoms with Crippen LogP contribution in [0.2, 0.25) is 5.02 Å². The standard InChI is InChI=1S/C18H18ClNO2/c19-16-8-6-14(7-9-16)17(21)22-18(10-12-20-13-11-18)15-4-2-1-3-5-15/h1-9,20H,10-13H2.